The highest BCUT2D eigenvalue weighted by molar-refractivity contribution is 5.94. The van der Waals surface area contributed by atoms with Gasteiger partial charge in [0.1, 0.15) is 11.6 Å². The quantitative estimate of drug-likeness (QED) is 0.720. The Balaban J connectivity index is 0.00000225. The van der Waals surface area contributed by atoms with E-state index >= 15 is 0 Å². The molecular weight excluding hydrogens is 388 g/mol. The van der Waals surface area contributed by atoms with Gasteiger partial charge in [-0.3, -0.25) is 14.8 Å². The predicted molar refractivity (Wildman–Crippen MR) is 103 cm³/mol. The van der Waals surface area contributed by atoms with Gasteiger partial charge in [0.2, 0.25) is 0 Å². The molecule has 0 bridgehead atoms. The summed E-state index contributed by atoms with van der Waals surface area (Å²) in [5, 5.41) is 13.4. The number of fused-ring (bicyclic) bond motifs is 1. The first-order valence-electron chi connectivity index (χ1n) is 9.34. The standard InChI is InChI=1S/C19H23F2N5O.ClH/c20-15-4-1-5-16(21)14(15)11-26-8-2-3-12(10-26)23-19(27)18-13-9-22-7-6-17(13)24-25-18;/h1,4-5,12,22H,2-3,6-11H2,(H,23,27)(H,24,25);1H. The zero-order chi connectivity index (χ0) is 18.8. The Morgan fingerprint density at radius 2 is 2.11 bits per heavy atom. The summed E-state index contributed by atoms with van der Waals surface area (Å²) in [5.74, 6) is -1.26. The van der Waals surface area contributed by atoms with Gasteiger partial charge >= 0.3 is 0 Å². The Kier molecular flexibility index (Phi) is 6.64. The summed E-state index contributed by atoms with van der Waals surface area (Å²) in [7, 11) is 0. The Bertz CT molecular complexity index is 823. The molecule has 1 aromatic heterocycles. The van der Waals surface area contributed by atoms with Crippen molar-refractivity contribution in [2.45, 2.75) is 38.4 Å². The van der Waals surface area contributed by atoms with E-state index in [-0.39, 0.29) is 36.5 Å². The fourth-order valence-electron chi connectivity index (χ4n) is 3.89. The average Bonchev–Trinajstić information content (AvgIpc) is 3.09. The van der Waals surface area contributed by atoms with Gasteiger partial charge in [-0.15, -0.1) is 12.4 Å². The fraction of sp³-hybridized carbons (Fsp3) is 0.474. The molecule has 0 spiro atoms. The highest BCUT2D eigenvalue weighted by atomic mass is 35.5. The molecule has 1 saturated heterocycles. The van der Waals surface area contributed by atoms with Crippen LogP contribution in [0.15, 0.2) is 18.2 Å². The third-order valence-corrected chi connectivity index (χ3v) is 5.31. The number of halogens is 3. The molecule has 1 amide bonds. The molecule has 2 aliphatic heterocycles. The van der Waals surface area contributed by atoms with E-state index in [1.807, 2.05) is 4.90 Å². The Morgan fingerprint density at radius 3 is 2.89 bits per heavy atom. The van der Waals surface area contributed by atoms with E-state index in [2.05, 4.69) is 20.8 Å². The van der Waals surface area contributed by atoms with Crippen LogP contribution in [0.25, 0.3) is 0 Å². The smallest absolute Gasteiger partial charge is 0.272 e. The van der Waals surface area contributed by atoms with Crippen LogP contribution in [0, 0.1) is 11.6 Å². The monoisotopic (exact) mass is 411 g/mol. The number of hydrogen-bond donors (Lipinski definition) is 3. The average molecular weight is 412 g/mol. The summed E-state index contributed by atoms with van der Waals surface area (Å²) in [4.78, 5) is 14.6. The van der Waals surface area contributed by atoms with Gasteiger partial charge < -0.3 is 10.6 Å². The summed E-state index contributed by atoms with van der Waals surface area (Å²) in [6, 6.07) is 3.85. The van der Waals surface area contributed by atoms with Gasteiger partial charge in [-0.25, -0.2) is 8.78 Å². The third-order valence-electron chi connectivity index (χ3n) is 5.31. The number of amides is 1. The van der Waals surface area contributed by atoms with E-state index in [9.17, 15) is 13.6 Å². The molecular formula is C19H24ClF2N5O. The number of nitrogens with zero attached hydrogens (tertiary/aromatic N) is 2. The maximum Gasteiger partial charge on any atom is 0.272 e. The lowest BCUT2D eigenvalue weighted by Crippen LogP contribution is -2.47. The van der Waals surface area contributed by atoms with Crippen LogP contribution in [0.1, 0.15) is 40.2 Å². The van der Waals surface area contributed by atoms with Crippen molar-refractivity contribution in [2.24, 2.45) is 0 Å². The molecule has 0 radical (unpaired) electrons. The van der Waals surface area contributed by atoms with Crippen LogP contribution in [0.3, 0.4) is 0 Å². The molecule has 0 aliphatic carbocycles. The summed E-state index contributed by atoms with van der Waals surface area (Å²) in [6.07, 6.45) is 2.54. The van der Waals surface area contributed by atoms with Crippen molar-refractivity contribution in [3.63, 3.8) is 0 Å². The predicted octanol–water partition coefficient (Wildman–Crippen LogP) is 2.15. The lowest BCUT2D eigenvalue weighted by Gasteiger charge is -2.33. The Hall–Kier alpha value is -2.03. The zero-order valence-corrected chi connectivity index (χ0v) is 16.2. The number of aromatic amines is 1. The molecule has 152 valence electrons. The first-order valence-corrected chi connectivity index (χ1v) is 9.34. The van der Waals surface area contributed by atoms with Gasteiger partial charge in [-0.2, -0.15) is 5.10 Å². The van der Waals surface area contributed by atoms with Gasteiger partial charge in [-0.1, -0.05) is 6.07 Å². The first-order chi connectivity index (χ1) is 13.1. The van der Waals surface area contributed by atoms with Gasteiger partial charge in [0.05, 0.1) is 0 Å². The molecule has 1 atom stereocenters. The minimum absolute atomic E-state index is 0. The number of aromatic nitrogens is 2. The number of hydrogen-bond acceptors (Lipinski definition) is 4. The van der Waals surface area contributed by atoms with Crippen LogP contribution in [0.2, 0.25) is 0 Å². The second kappa shape index (κ2) is 8.98. The van der Waals surface area contributed by atoms with Crippen molar-refractivity contribution >= 4 is 18.3 Å². The minimum Gasteiger partial charge on any atom is -0.347 e. The lowest BCUT2D eigenvalue weighted by molar-refractivity contribution is 0.0893. The van der Waals surface area contributed by atoms with Crippen molar-refractivity contribution in [2.75, 3.05) is 19.6 Å². The second-order valence-corrected chi connectivity index (χ2v) is 7.20. The van der Waals surface area contributed by atoms with Gasteiger partial charge in [0.25, 0.3) is 5.91 Å². The van der Waals surface area contributed by atoms with Crippen molar-refractivity contribution in [1.29, 1.82) is 0 Å². The van der Waals surface area contributed by atoms with Crippen LogP contribution in [0.5, 0.6) is 0 Å². The number of carbonyl (C=O) groups excluding carboxylic acids is 1. The van der Waals surface area contributed by atoms with Crippen LogP contribution in [-0.2, 0) is 19.5 Å². The number of piperidine rings is 1. The largest absolute Gasteiger partial charge is 0.347 e. The number of rotatable bonds is 4. The second-order valence-electron chi connectivity index (χ2n) is 7.20. The summed E-state index contributed by atoms with van der Waals surface area (Å²) in [6.45, 7) is 3.03. The number of nitrogens with one attached hydrogen (secondary N) is 3. The molecule has 9 heteroatoms. The van der Waals surface area contributed by atoms with E-state index in [0.717, 1.165) is 43.6 Å². The molecule has 1 aromatic carbocycles. The highest BCUT2D eigenvalue weighted by Gasteiger charge is 2.26. The van der Waals surface area contributed by atoms with Crippen molar-refractivity contribution in [1.82, 2.24) is 25.7 Å². The summed E-state index contributed by atoms with van der Waals surface area (Å²) >= 11 is 0. The lowest BCUT2D eigenvalue weighted by atomic mass is 10.0. The Labute approximate surface area is 168 Å². The van der Waals surface area contributed by atoms with E-state index in [4.69, 9.17) is 0 Å². The van der Waals surface area contributed by atoms with Crippen molar-refractivity contribution in [3.05, 3.63) is 52.3 Å². The first kappa shape index (κ1) is 20.7. The summed E-state index contributed by atoms with van der Waals surface area (Å²) in [5.41, 5.74) is 2.46. The SMILES string of the molecule is Cl.O=C(NC1CCCN(Cc2c(F)cccc2F)C1)c1n[nH]c2c1CNCC2. The molecule has 3 heterocycles. The van der Waals surface area contributed by atoms with Crippen LogP contribution in [-0.4, -0.2) is 46.7 Å². The van der Waals surface area contributed by atoms with Crippen molar-refractivity contribution in [3.8, 4) is 0 Å². The molecule has 4 rings (SSSR count). The van der Waals surface area contributed by atoms with Crippen LogP contribution in [0.4, 0.5) is 8.78 Å². The Morgan fingerprint density at radius 1 is 1.32 bits per heavy atom. The molecule has 1 fully saturated rings. The number of likely N-dealkylation sites (tertiary alicyclic amines) is 1. The molecule has 0 saturated carbocycles. The van der Waals surface area contributed by atoms with Crippen LogP contribution >= 0.6 is 12.4 Å². The van der Waals surface area contributed by atoms with E-state index < -0.39 is 11.6 Å². The van der Waals surface area contributed by atoms with Crippen LogP contribution < -0.4 is 10.6 Å². The normalized spacial score (nSPS) is 19.6. The highest BCUT2D eigenvalue weighted by Crippen LogP contribution is 2.19. The van der Waals surface area contributed by atoms with Gasteiger partial charge in [-0.05, 0) is 31.5 Å². The molecule has 3 N–H and O–H groups in total. The molecule has 28 heavy (non-hydrogen) atoms. The molecule has 2 aliphatic rings. The minimum atomic E-state index is -0.531. The molecule has 1 unspecified atom stereocenters. The number of benzene rings is 1. The zero-order valence-electron chi connectivity index (χ0n) is 15.4. The van der Waals surface area contributed by atoms with E-state index in [1.54, 1.807) is 0 Å². The molecule has 6 nitrogen and oxygen atoms in total. The van der Waals surface area contributed by atoms with Gasteiger partial charge in [0, 0.05) is 55.5 Å². The molecule has 2 aromatic rings. The third kappa shape index (κ3) is 4.34. The maximum atomic E-state index is 13.9. The summed E-state index contributed by atoms with van der Waals surface area (Å²) < 4.78 is 27.8. The van der Waals surface area contributed by atoms with E-state index in [1.165, 1.54) is 18.2 Å². The topological polar surface area (TPSA) is 73.0 Å². The van der Waals surface area contributed by atoms with Gasteiger partial charge in [0.15, 0.2) is 5.69 Å². The van der Waals surface area contributed by atoms with Crippen molar-refractivity contribution < 1.29 is 13.6 Å². The maximum absolute atomic E-state index is 13.9. The number of carbonyl (C=O) groups is 1. The fourth-order valence-corrected chi connectivity index (χ4v) is 3.89. The van der Waals surface area contributed by atoms with E-state index in [0.29, 0.717) is 18.8 Å². The number of H-pyrrole nitrogens is 1.